The van der Waals surface area contributed by atoms with Crippen LogP contribution in [0.15, 0.2) is 23.0 Å². The van der Waals surface area contributed by atoms with Gasteiger partial charge in [0.1, 0.15) is 11.3 Å². The van der Waals surface area contributed by atoms with Gasteiger partial charge in [0.2, 0.25) is 5.56 Å². The molecule has 2 fully saturated rings. The molecule has 90 valence electrons. The first-order valence-corrected chi connectivity index (χ1v) is 5.79. The Bertz CT molecular complexity index is 512. The van der Waals surface area contributed by atoms with Crippen LogP contribution in [0.25, 0.3) is 0 Å². The molecule has 0 atom stereocenters. The lowest BCUT2D eigenvalue weighted by Crippen LogP contribution is -2.64. The van der Waals surface area contributed by atoms with Crippen molar-refractivity contribution in [3.8, 4) is 0 Å². The second kappa shape index (κ2) is 3.43. The van der Waals surface area contributed by atoms with Crippen molar-refractivity contribution in [3.05, 3.63) is 34.2 Å². The predicted octanol–water partition coefficient (Wildman–Crippen LogP) is -0.0282. The van der Waals surface area contributed by atoms with Gasteiger partial charge in [-0.25, -0.2) is 0 Å². The smallest absolute Gasteiger partial charge is 0.270 e. The number of aliphatic hydroxyl groups is 1. The van der Waals surface area contributed by atoms with E-state index in [1.807, 2.05) is 0 Å². The number of nitrogens with one attached hydrogen (secondary N) is 1. The Balaban J connectivity index is 1.71. The highest BCUT2D eigenvalue weighted by molar-refractivity contribution is 5.93. The average molecular weight is 234 g/mol. The van der Waals surface area contributed by atoms with Gasteiger partial charge in [-0.15, -0.1) is 0 Å². The van der Waals surface area contributed by atoms with Crippen LogP contribution in [0.3, 0.4) is 0 Å². The SMILES string of the molecule is O=C(c1cccc(=O)[nH]1)N1CC(O)(C2CC2)C1. The Morgan fingerprint density at radius 2 is 2.12 bits per heavy atom. The van der Waals surface area contributed by atoms with Crippen LogP contribution in [-0.4, -0.2) is 39.6 Å². The first-order chi connectivity index (χ1) is 8.08. The maximum absolute atomic E-state index is 12.0. The highest BCUT2D eigenvalue weighted by Gasteiger charge is 2.53. The van der Waals surface area contributed by atoms with Crippen molar-refractivity contribution < 1.29 is 9.90 Å². The number of amides is 1. The van der Waals surface area contributed by atoms with Crippen LogP contribution in [0.1, 0.15) is 23.3 Å². The van der Waals surface area contributed by atoms with Gasteiger partial charge >= 0.3 is 0 Å². The Hall–Kier alpha value is -1.62. The summed E-state index contributed by atoms with van der Waals surface area (Å²) in [6, 6.07) is 4.50. The molecule has 1 aliphatic heterocycles. The molecule has 0 spiro atoms. The number of likely N-dealkylation sites (tertiary alicyclic amines) is 1. The third-order valence-electron chi connectivity index (χ3n) is 3.55. The lowest BCUT2D eigenvalue weighted by Gasteiger charge is -2.46. The molecule has 5 nitrogen and oxygen atoms in total. The Kier molecular flexibility index (Phi) is 2.13. The van der Waals surface area contributed by atoms with Crippen LogP contribution in [-0.2, 0) is 0 Å². The quantitative estimate of drug-likeness (QED) is 0.754. The molecule has 2 N–H and O–H groups in total. The van der Waals surface area contributed by atoms with Gasteiger partial charge in [0.05, 0.1) is 13.1 Å². The molecular formula is C12H14N2O3. The van der Waals surface area contributed by atoms with Crippen molar-refractivity contribution >= 4 is 5.91 Å². The average Bonchev–Trinajstić information content (AvgIpc) is 3.08. The number of aromatic nitrogens is 1. The number of nitrogens with zero attached hydrogens (tertiary/aromatic N) is 1. The number of pyridine rings is 1. The van der Waals surface area contributed by atoms with Gasteiger partial charge in [-0.1, -0.05) is 6.07 Å². The molecule has 1 aliphatic carbocycles. The van der Waals surface area contributed by atoms with Crippen LogP contribution in [0.5, 0.6) is 0 Å². The minimum Gasteiger partial charge on any atom is -0.386 e. The number of H-pyrrole nitrogens is 1. The number of carbonyl (C=O) groups excluding carboxylic acids is 1. The molecule has 3 rings (SSSR count). The second-order valence-corrected chi connectivity index (χ2v) is 4.97. The fourth-order valence-electron chi connectivity index (χ4n) is 2.38. The lowest BCUT2D eigenvalue weighted by molar-refractivity contribution is -0.0959. The molecule has 17 heavy (non-hydrogen) atoms. The van der Waals surface area contributed by atoms with Gasteiger partial charge < -0.3 is 15.0 Å². The molecule has 1 amide bonds. The van der Waals surface area contributed by atoms with Crippen LogP contribution >= 0.6 is 0 Å². The minimum atomic E-state index is -0.676. The molecule has 1 saturated heterocycles. The second-order valence-electron chi connectivity index (χ2n) is 4.97. The molecule has 0 bridgehead atoms. The van der Waals surface area contributed by atoms with E-state index >= 15 is 0 Å². The van der Waals surface area contributed by atoms with E-state index in [1.165, 1.54) is 6.07 Å². The van der Waals surface area contributed by atoms with E-state index in [9.17, 15) is 14.7 Å². The van der Waals surface area contributed by atoms with E-state index in [4.69, 9.17) is 0 Å². The number of aromatic amines is 1. The van der Waals surface area contributed by atoms with Gasteiger partial charge in [-0.2, -0.15) is 0 Å². The van der Waals surface area contributed by atoms with Crippen molar-refractivity contribution in [2.45, 2.75) is 18.4 Å². The van der Waals surface area contributed by atoms with Gasteiger partial charge in [-0.05, 0) is 24.8 Å². The van der Waals surface area contributed by atoms with E-state index in [0.717, 1.165) is 12.8 Å². The zero-order chi connectivity index (χ0) is 12.0. The van der Waals surface area contributed by atoms with Gasteiger partial charge in [-0.3, -0.25) is 9.59 Å². The number of hydrogen-bond acceptors (Lipinski definition) is 3. The van der Waals surface area contributed by atoms with Gasteiger partial charge in [0.25, 0.3) is 5.91 Å². The summed E-state index contributed by atoms with van der Waals surface area (Å²) in [5, 5.41) is 10.1. The zero-order valence-electron chi connectivity index (χ0n) is 9.35. The maximum atomic E-state index is 12.0. The summed E-state index contributed by atoms with van der Waals surface area (Å²) in [5.41, 5.74) is -0.672. The van der Waals surface area contributed by atoms with E-state index < -0.39 is 5.60 Å². The standard InChI is InChI=1S/C12H14N2O3/c15-10-3-1-2-9(13-10)11(16)14-6-12(17,7-14)8-4-5-8/h1-3,8,17H,4-7H2,(H,13,15). The first-order valence-electron chi connectivity index (χ1n) is 5.79. The van der Waals surface area contributed by atoms with Crippen LogP contribution in [0, 0.1) is 5.92 Å². The molecule has 0 aromatic carbocycles. The Labute approximate surface area is 98.1 Å². The van der Waals surface area contributed by atoms with Crippen molar-refractivity contribution in [2.75, 3.05) is 13.1 Å². The summed E-state index contributed by atoms with van der Waals surface area (Å²) < 4.78 is 0. The Morgan fingerprint density at radius 3 is 2.71 bits per heavy atom. The molecule has 1 saturated carbocycles. The molecular weight excluding hydrogens is 220 g/mol. The van der Waals surface area contributed by atoms with E-state index in [1.54, 1.807) is 17.0 Å². The first kappa shape index (κ1) is 10.5. The fraction of sp³-hybridized carbons (Fsp3) is 0.500. The Morgan fingerprint density at radius 1 is 1.41 bits per heavy atom. The topological polar surface area (TPSA) is 73.4 Å². The number of hydrogen-bond donors (Lipinski definition) is 2. The van der Waals surface area contributed by atoms with Crippen molar-refractivity contribution in [2.24, 2.45) is 5.92 Å². The van der Waals surface area contributed by atoms with Crippen molar-refractivity contribution in [1.82, 2.24) is 9.88 Å². The monoisotopic (exact) mass is 234 g/mol. The zero-order valence-corrected chi connectivity index (χ0v) is 9.35. The number of carbonyl (C=O) groups is 1. The lowest BCUT2D eigenvalue weighted by atomic mass is 9.88. The molecule has 2 heterocycles. The summed E-state index contributed by atoms with van der Waals surface area (Å²) in [6.45, 7) is 0.765. The van der Waals surface area contributed by atoms with Crippen molar-refractivity contribution in [3.63, 3.8) is 0 Å². The maximum Gasteiger partial charge on any atom is 0.270 e. The fourth-order valence-corrected chi connectivity index (χ4v) is 2.38. The van der Waals surface area contributed by atoms with E-state index in [2.05, 4.69) is 4.98 Å². The molecule has 1 aromatic rings. The van der Waals surface area contributed by atoms with E-state index in [0.29, 0.717) is 19.0 Å². The summed E-state index contributed by atoms with van der Waals surface area (Å²) in [4.78, 5) is 27.1. The minimum absolute atomic E-state index is 0.215. The molecule has 0 unspecified atom stereocenters. The molecule has 2 aliphatic rings. The summed E-state index contributed by atoms with van der Waals surface area (Å²) in [7, 11) is 0. The molecule has 1 aromatic heterocycles. The van der Waals surface area contributed by atoms with Gasteiger partial charge in [0.15, 0.2) is 0 Å². The highest BCUT2D eigenvalue weighted by atomic mass is 16.3. The summed E-state index contributed by atoms with van der Waals surface area (Å²) in [5.74, 6) is 0.148. The number of β-amino-alcohol motifs (C(OH)–C–C–N with tert-alkyl or cyclic N) is 1. The third kappa shape index (κ3) is 1.76. The molecule has 5 heteroatoms. The largest absolute Gasteiger partial charge is 0.386 e. The molecule has 0 radical (unpaired) electrons. The van der Waals surface area contributed by atoms with Crippen LogP contribution in [0.2, 0.25) is 0 Å². The number of rotatable bonds is 2. The van der Waals surface area contributed by atoms with Crippen molar-refractivity contribution in [1.29, 1.82) is 0 Å². The predicted molar refractivity (Wildman–Crippen MR) is 60.6 cm³/mol. The van der Waals surface area contributed by atoms with Crippen LogP contribution < -0.4 is 5.56 Å². The normalized spacial score (nSPS) is 22.1. The van der Waals surface area contributed by atoms with Crippen LogP contribution in [0.4, 0.5) is 0 Å². The van der Waals surface area contributed by atoms with Gasteiger partial charge in [0, 0.05) is 6.07 Å². The van der Waals surface area contributed by atoms with E-state index in [-0.39, 0.29) is 17.2 Å². The third-order valence-corrected chi connectivity index (χ3v) is 3.55. The highest BCUT2D eigenvalue weighted by Crippen LogP contribution is 2.44. The summed E-state index contributed by atoms with van der Waals surface area (Å²) in [6.07, 6.45) is 2.11. The summed E-state index contributed by atoms with van der Waals surface area (Å²) >= 11 is 0.